The first-order valence-corrected chi connectivity index (χ1v) is 7.03. The second-order valence-corrected chi connectivity index (χ2v) is 5.17. The van der Waals surface area contributed by atoms with E-state index in [9.17, 15) is 14.7 Å². The number of hydrogen-bond donors (Lipinski definition) is 3. The molecule has 1 saturated heterocycles. The maximum atomic E-state index is 11.8. The number of hydrogen-bond acceptors (Lipinski definition) is 5. The van der Waals surface area contributed by atoms with E-state index in [1.807, 2.05) is 0 Å². The fourth-order valence-electron chi connectivity index (χ4n) is 2.07. The molecule has 0 aromatic carbocycles. The maximum absolute atomic E-state index is 11.8. The van der Waals surface area contributed by atoms with Crippen molar-refractivity contribution in [2.24, 2.45) is 0 Å². The Bertz CT molecular complexity index is 555. The minimum Gasteiger partial charge on any atom is -0.394 e. The Labute approximate surface area is 117 Å². The Morgan fingerprint density at radius 3 is 2.84 bits per heavy atom. The van der Waals surface area contributed by atoms with Crippen LogP contribution in [0.3, 0.4) is 0 Å². The molecule has 1 fully saturated rings. The van der Waals surface area contributed by atoms with Crippen LogP contribution in [0.25, 0.3) is 0 Å². The van der Waals surface area contributed by atoms with Gasteiger partial charge in [0.2, 0.25) is 0 Å². The number of ether oxygens (including phenoxy) is 1. The van der Waals surface area contributed by atoms with Gasteiger partial charge in [-0.2, -0.15) is 0 Å². The van der Waals surface area contributed by atoms with E-state index in [-0.39, 0.29) is 13.0 Å². The van der Waals surface area contributed by atoms with Crippen LogP contribution in [0.5, 0.6) is 0 Å². The van der Waals surface area contributed by atoms with E-state index in [0.29, 0.717) is 17.3 Å². The topological polar surface area (TPSA) is 105 Å². The van der Waals surface area contributed by atoms with Crippen LogP contribution in [0.15, 0.2) is 15.8 Å². The van der Waals surface area contributed by atoms with Crippen LogP contribution in [0, 0.1) is 0 Å². The lowest BCUT2D eigenvalue weighted by atomic mass is 10.2. The summed E-state index contributed by atoms with van der Waals surface area (Å²) < 4.78 is 6.64. The number of aliphatic hydroxyl groups excluding tert-OH is 2. The van der Waals surface area contributed by atoms with Gasteiger partial charge in [-0.25, -0.2) is 4.79 Å². The van der Waals surface area contributed by atoms with Crippen LogP contribution in [-0.4, -0.2) is 43.9 Å². The third-order valence-corrected chi connectivity index (χ3v) is 3.50. The minimum atomic E-state index is -0.826. The van der Waals surface area contributed by atoms with Gasteiger partial charge in [0, 0.05) is 23.5 Å². The highest BCUT2D eigenvalue weighted by Crippen LogP contribution is 2.27. The summed E-state index contributed by atoms with van der Waals surface area (Å²) in [4.78, 5) is 25.5. The summed E-state index contributed by atoms with van der Waals surface area (Å²) in [5.41, 5.74) is -0.543. The number of aryl methyl sites for hydroxylation is 1. The number of alkyl halides is 1. The summed E-state index contributed by atoms with van der Waals surface area (Å²) in [5, 5.41) is 19.3. The number of aliphatic hydroxyl groups is 2. The van der Waals surface area contributed by atoms with Crippen LogP contribution < -0.4 is 11.2 Å². The fraction of sp³-hybridized carbons (Fsp3) is 0.636. The highest BCUT2D eigenvalue weighted by atomic mass is 79.9. The van der Waals surface area contributed by atoms with Crippen molar-refractivity contribution >= 4 is 15.9 Å². The molecule has 3 atom stereocenters. The average Bonchev–Trinajstić information content (AvgIpc) is 2.74. The molecule has 0 amide bonds. The molecule has 7 nitrogen and oxygen atoms in total. The third-order valence-electron chi connectivity index (χ3n) is 3.10. The number of halogens is 1. The van der Waals surface area contributed by atoms with Gasteiger partial charge in [-0.05, 0) is 6.42 Å². The standard InChI is InChI=1S/C11H15BrN2O5/c12-2-1-6-4-14(11(18)13-10(6)17)9-3-7(16)8(5-15)19-9/h4,7-9,15-16H,1-3,5H2,(H,13,17,18)/t7-,8+,9-/m0/s1. The number of nitrogens with one attached hydrogen (secondary N) is 1. The molecule has 0 bridgehead atoms. The van der Waals surface area contributed by atoms with Crippen molar-refractivity contribution in [1.29, 1.82) is 0 Å². The lowest BCUT2D eigenvalue weighted by Crippen LogP contribution is -2.34. The molecule has 0 radical (unpaired) electrons. The smallest absolute Gasteiger partial charge is 0.330 e. The molecule has 0 aliphatic carbocycles. The molecule has 1 aliphatic rings. The Morgan fingerprint density at radius 2 is 2.26 bits per heavy atom. The summed E-state index contributed by atoms with van der Waals surface area (Å²) in [6, 6.07) is 0. The molecule has 0 unspecified atom stereocenters. The van der Waals surface area contributed by atoms with Crippen molar-refractivity contribution in [2.45, 2.75) is 31.3 Å². The molecule has 1 aromatic rings. The Kier molecular flexibility index (Phi) is 4.56. The van der Waals surface area contributed by atoms with Crippen LogP contribution in [0.2, 0.25) is 0 Å². The van der Waals surface area contributed by atoms with Crippen LogP contribution in [0.1, 0.15) is 18.2 Å². The first-order valence-electron chi connectivity index (χ1n) is 5.91. The normalized spacial score (nSPS) is 26.8. The lowest BCUT2D eigenvalue weighted by molar-refractivity contribution is -0.0459. The van der Waals surface area contributed by atoms with Crippen molar-refractivity contribution in [3.8, 4) is 0 Å². The highest BCUT2D eigenvalue weighted by molar-refractivity contribution is 9.09. The zero-order valence-corrected chi connectivity index (χ0v) is 11.7. The van der Waals surface area contributed by atoms with Gasteiger partial charge in [-0.1, -0.05) is 15.9 Å². The molecular formula is C11H15BrN2O5. The van der Waals surface area contributed by atoms with Crippen LogP contribution in [-0.2, 0) is 11.2 Å². The predicted octanol–water partition coefficient (Wildman–Crippen LogP) is -0.885. The number of rotatable bonds is 4. The van der Waals surface area contributed by atoms with Gasteiger partial charge < -0.3 is 14.9 Å². The summed E-state index contributed by atoms with van der Waals surface area (Å²) in [6.07, 6.45) is -0.0822. The van der Waals surface area contributed by atoms with Crippen molar-refractivity contribution in [3.05, 3.63) is 32.6 Å². The number of nitrogens with zero attached hydrogens (tertiary/aromatic N) is 1. The Balaban J connectivity index is 2.33. The first kappa shape index (κ1) is 14.4. The number of aromatic amines is 1. The molecule has 0 saturated carbocycles. The van der Waals surface area contributed by atoms with E-state index in [1.165, 1.54) is 10.8 Å². The molecule has 1 aromatic heterocycles. The molecule has 1 aliphatic heterocycles. The Morgan fingerprint density at radius 1 is 1.53 bits per heavy atom. The van der Waals surface area contributed by atoms with Crippen LogP contribution >= 0.6 is 15.9 Å². The molecule has 8 heteroatoms. The first-order chi connectivity index (χ1) is 9.06. The molecular weight excluding hydrogens is 320 g/mol. The summed E-state index contributed by atoms with van der Waals surface area (Å²) in [7, 11) is 0. The summed E-state index contributed by atoms with van der Waals surface area (Å²) in [5.74, 6) is 0. The summed E-state index contributed by atoms with van der Waals surface area (Å²) in [6.45, 7) is -0.315. The van der Waals surface area contributed by atoms with E-state index in [0.717, 1.165) is 0 Å². The van der Waals surface area contributed by atoms with E-state index >= 15 is 0 Å². The van der Waals surface area contributed by atoms with Gasteiger partial charge in [-0.3, -0.25) is 14.3 Å². The number of H-pyrrole nitrogens is 1. The molecule has 2 heterocycles. The zero-order valence-electron chi connectivity index (χ0n) is 10.1. The molecule has 106 valence electrons. The quantitative estimate of drug-likeness (QED) is 0.620. The van der Waals surface area contributed by atoms with Crippen LogP contribution in [0.4, 0.5) is 0 Å². The minimum absolute atomic E-state index is 0.199. The predicted molar refractivity (Wildman–Crippen MR) is 70.4 cm³/mol. The van der Waals surface area contributed by atoms with Crippen molar-refractivity contribution in [1.82, 2.24) is 9.55 Å². The SMILES string of the molecule is O=c1[nH]c(=O)n([C@@H]2C[C@H](O)[C@@H](CO)O2)cc1CCBr. The zero-order chi connectivity index (χ0) is 14.0. The van der Waals surface area contributed by atoms with Gasteiger partial charge in [-0.15, -0.1) is 0 Å². The lowest BCUT2D eigenvalue weighted by Gasteiger charge is -2.15. The second kappa shape index (κ2) is 6.00. The monoisotopic (exact) mass is 334 g/mol. The fourth-order valence-corrected chi connectivity index (χ4v) is 2.50. The third kappa shape index (κ3) is 2.97. The highest BCUT2D eigenvalue weighted by Gasteiger charge is 2.35. The maximum Gasteiger partial charge on any atom is 0.330 e. The molecule has 0 spiro atoms. The molecule has 19 heavy (non-hydrogen) atoms. The molecule has 2 rings (SSSR count). The van der Waals surface area contributed by atoms with Gasteiger partial charge in [0.15, 0.2) is 0 Å². The molecule has 3 N–H and O–H groups in total. The van der Waals surface area contributed by atoms with Gasteiger partial charge >= 0.3 is 5.69 Å². The van der Waals surface area contributed by atoms with E-state index in [1.54, 1.807) is 0 Å². The van der Waals surface area contributed by atoms with Gasteiger partial charge in [0.05, 0.1) is 12.7 Å². The van der Waals surface area contributed by atoms with Gasteiger partial charge in [0.25, 0.3) is 5.56 Å². The van der Waals surface area contributed by atoms with Crippen molar-refractivity contribution in [2.75, 3.05) is 11.9 Å². The largest absolute Gasteiger partial charge is 0.394 e. The van der Waals surface area contributed by atoms with Crippen molar-refractivity contribution < 1.29 is 14.9 Å². The Hall–Kier alpha value is -0.960. The van der Waals surface area contributed by atoms with Gasteiger partial charge in [0.1, 0.15) is 12.3 Å². The second-order valence-electron chi connectivity index (χ2n) is 4.37. The van der Waals surface area contributed by atoms with E-state index in [4.69, 9.17) is 9.84 Å². The van der Waals surface area contributed by atoms with E-state index < -0.39 is 29.7 Å². The van der Waals surface area contributed by atoms with Crippen molar-refractivity contribution in [3.63, 3.8) is 0 Å². The number of aromatic nitrogens is 2. The van der Waals surface area contributed by atoms with E-state index in [2.05, 4.69) is 20.9 Å². The average molecular weight is 335 g/mol. The summed E-state index contributed by atoms with van der Waals surface area (Å²) >= 11 is 3.23.